The number of fused-ring (bicyclic) bond motifs is 2. The number of ether oxygens (including phenoxy) is 1. The molecule has 200 valence electrons. The topological polar surface area (TPSA) is 90.2 Å². The Labute approximate surface area is 212 Å². The molecule has 5 nitrogen and oxygen atoms in total. The number of aliphatic hydroxyl groups is 4. The molecule has 2 spiro atoms. The molecule has 1 heterocycles. The predicted octanol–water partition coefficient (Wildman–Crippen LogP) is 4.44. The van der Waals surface area contributed by atoms with Crippen molar-refractivity contribution in [1.29, 1.82) is 0 Å². The van der Waals surface area contributed by atoms with Gasteiger partial charge in [-0.3, -0.25) is 0 Å². The maximum atomic E-state index is 11.9. The second-order valence-corrected chi connectivity index (χ2v) is 15.9. The molecule has 0 bridgehead atoms. The van der Waals surface area contributed by atoms with E-state index in [1.807, 2.05) is 13.8 Å². The van der Waals surface area contributed by atoms with Crippen LogP contribution in [0.2, 0.25) is 0 Å². The third kappa shape index (κ3) is 2.78. The second kappa shape index (κ2) is 6.86. The first-order chi connectivity index (χ1) is 16.0. The lowest BCUT2D eigenvalue weighted by Gasteiger charge is -2.64. The summed E-state index contributed by atoms with van der Waals surface area (Å²) in [7, 11) is 0. The Balaban J connectivity index is 1.37. The fourth-order valence-electron chi connectivity index (χ4n) is 12.1. The molecule has 6 rings (SSSR count). The summed E-state index contributed by atoms with van der Waals surface area (Å²) in [5.41, 5.74) is -1.44. The molecule has 6 aliphatic rings. The van der Waals surface area contributed by atoms with Crippen molar-refractivity contribution in [2.24, 2.45) is 44.8 Å². The van der Waals surface area contributed by atoms with Crippen LogP contribution in [0.1, 0.15) is 106 Å². The van der Waals surface area contributed by atoms with Gasteiger partial charge in [0.05, 0.1) is 35.6 Å². The molecule has 5 saturated carbocycles. The van der Waals surface area contributed by atoms with E-state index >= 15 is 0 Å². The van der Waals surface area contributed by atoms with Crippen LogP contribution in [0.4, 0.5) is 0 Å². The zero-order valence-electron chi connectivity index (χ0n) is 23.1. The van der Waals surface area contributed by atoms with Crippen LogP contribution >= 0.6 is 0 Å². The molecule has 35 heavy (non-hydrogen) atoms. The predicted molar refractivity (Wildman–Crippen MR) is 134 cm³/mol. The van der Waals surface area contributed by atoms with Crippen LogP contribution in [0.15, 0.2) is 0 Å². The Morgan fingerprint density at radius 3 is 2.09 bits per heavy atom. The summed E-state index contributed by atoms with van der Waals surface area (Å²) in [4.78, 5) is 0. The monoisotopic (exact) mass is 490 g/mol. The minimum atomic E-state index is -0.893. The van der Waals surface area contributed by atoms with E-state index in [0.29, 0.717) is 5.92 Å². The Kier molecular flexibility index (Phi) is 4.92. The smallest absolute Gasteiger partial charge is 0.0865 e. The maximum absolute atomic E-state index is 11.9. The highest BCUT2D eigenvalue weighted by Crippen LogP contribution is 2.89. The average Bonchev–Trinajstić information content (AvgIpc) is 3.08. The van der Waals surface area contributed by atoms with Crippen molar-refractivity contribution in [2.75, 3.05) is 0 Å². The Bertz CT molecular complexity index is 911. The maximum Gasteiger partial charge on any atom is 0.0865 e. The Morgan fingerprint density at radius 1 is 0.771 bits per heavy atom. The fourth-order valence-corrected chi connectivity index (χ4v) is 12.1. The van der Waals surface area contributed by atoms with E-state index in [0.717, 1.165) is 51.4 Å². The first-order valence-electron chi connectivity index (χ1n) is 14.4. The van der Waals surface area contributed by atoms with E-state index in [-0.39, 0.29) is 51.1 Å². The zero-order chi connectivity index (χ0) is 25.6. The molecule has 0 aromatic carbocycles. The second-order valence-electron chi connectivity index (χ2n) is 15.9. The Morgan fingerprint density at radius 2 is 1.46 bits per heavy atom. The first-order valence-corrected chi connectivity index (χ1v) is 14.4. The van der Waals surface area contributed by atoms with Gasteiger partial charge in [0.2, 0.25) is 0 Å². The number of hydrogen-bond donors (Lipinski definition) is 4. The third-order valence-electron chi connectivity index (χ3n) is 13.8. The van der Waals surface area contributed by atoms with E-state index in [1.54, 1.807) is 0 Å². The third-order valence-corrected chi connectivity index (χ3v) is 13.8. The van der Waals surface area contributed by atoms with E-state index in [1.165, 1.54) is 6.42 Å². The molecule has 0 amide bonds. The van der Waals surface area contributed by atoms with Crippen LogP contribution in [0.3, 0.4) is 0 Å². The minimum absolute atomic E-state index is 0.00561. The molecule has 1 saturated heterocycles. The van der Waals surface area contributed by atoms with Gasteiger partial charge < -0.3 is 25.2 Å². The molecular weight excluding hydrogens is 440 g/mol. The van der Waals surface area contributed by atoms with E-state index < -0.39 is 23.4 Å². The van der Waals surface area contributed by atoms with Gasteiger partial charge in [-0.05, 0) is 117 Å². The van der Waals surface area contributed by atoms with Crippen molar-refractivity contribution < 1.29 is 25.2 Å². The largest absolute Gasteiger partial charge is 0.393 e. The van der Waals surface area contributed by atoms with Crippen LogP contribution in [0.5, 0.6) is 0 Å². The van der Waals surface area contributed by atoms with Crippen LogP contribution in [0.25, 0.3) is 0 Å². The molecule has 12 atom stereocenters. The summed E-state index contributed by atoms with van der Waals surface area (Å²) in [5, 5.41) is 45.2. The lowest BCUT2D eigenvalue weighted by Crippen LogP contribution is -2.62. The van der Waals surface area contributed by atoms with Crippen molar-refractivity contribution in [3.8, 4) is 0 Å². The average molecular weight is 491 g/mol. The quantitative estimate of drug-likeness (QED) is 0.460. The van der Waals surface area contributed by atoms with Gasteiger partial charge in [-0.25, -0.2) is 0 Å². The van der Waals surface area contributed by atoms with Gasteiger partial charge in [0.1, 0.15) is 0 Å². The summed E-state index contributed by atoms with van der Waals surface area (Å²) in [6.07, 6.45) is 7.11. The highest BCUT2D eigenvalue weighted by molar-refractivity contribution is 5.33. The Hall–Kier alpha value is -0.200. The van der Waals surface area contributed by atoms with Gasteiger partial charge in [0.15, 0.2) is 0 Å². The first kappa shape index (κ1) is 25.1. The molecule has 6 fully saturated rings. The number of aliphatic hydroxyl groups excluding tert-OH is 3. The molecule has 5 aliphatic carbocycles. The summed E-state index contributed by atoms with van der Waals surface area (Å²) >= 11 is 0. The van der Waals surface area contributed by atoms with Gasteiger partial charge >= 0.3 is 0 Å². The molecule has 0 unspecified atom stereocenters. The molecular formula is C30H50O5. The minimum Gasteiger partial charge on any atom is -0.393 e. The summed E-state index contributed by atoms with van der Waals surface area (Å²) in [6.45, 7) is 15.0. The van der Waals surface area contributed by atoms with Crippen LogP contribution in [0, 0.1) is 44.8 Å². The zero-order valence-corrected chi connectivity index (χ0v) is 23.1. The standard InChI is InChI=1S/C30H50O5/c1-24(2)19-14-17(31)23-27(6)15-18(32)22(28(7)10-9-21(35-28)25(3,4)34)26(27,5)12-13-30(23)16-29(19,30)11-8-20(24)33/h17-23,31-34H,8-16H2,1-7H3/t17-,18+,19+,20+,21-,22-,23+,26-,27+,28+,29-,30+/m1/s1. The molecule has 4 N–H and O–H groups in total. The molecule has 0 radical (unpaired) electrons. The highest BCUT2D eigenvalue weighted by atomic mass is 16.5. The summed E-state index contributed by atoms with van der Waals surface area (Å²) in [5.74, 6) is 0.544. The molecule has 5 heteroatoms. The number of rotatable bonds is 2. The van der Waals surface area contributed by atoms with Crippen molar-refractivity contribution in [3.05, 3.63) is 0 Å². The van der Waals surface area contributed by atoms with Gasteiger partial charge in [-0.15, -0.1) is 0 Å². The fraction of sp³-hybridized carbons (Fsp3) is 1.00. The molecule has 0 aromatic rings. The lowest BCUT2D eigenvalue weighted by atomic mass is 9.41. The van der Waals surface area contributed by atoms with E-state index in [2.05, 4.69) is 34.6 Å². The van der Waals surface area contributed by atoms with Gasteiger partial charge in [-0.1, -0.05) is 27.7 Å². The van der Waals surface area contributed by atoms with E-state index in [4.69, 9.17) is 4.74 Å². The summed E-state index contributed by atoms with van der Waals surface area (Å²) < 4.78 is 6.65. The van der Waals surface area contributed by atoms with Crippen molar-refractivity contribution in [3.63, 3.8) is 0 Å². The number of hydrogen-bond acceptors (Lipinski definition) is 5. The van der Waals surface area contributed by atoms with Crippen molar-refractivity contribution in [1.82, 2.24) is 0 Å². The summed E-state index contributed by atoms with van der Waals surface area (Å²) in [6, 6.07) is 0. The van der Waals surface area contributed by atoms with Gasteiger partial charge in [0, 0.05) is 5.92 Å². The molecule has 0 aromatic heterocycles. The normalized spacial score (nSPS) is 60.9. The van der Waals surface area contributed by atoms with Gasteiger partial charge in [0.25, 0.3) is 0 Å². The lowest BCUT2D eigenvalue weighted by molar-refractivity contribution is -0.217. The SMILES string of the molecule is CC(C)(O)[C@H]1CC[C@@](C)([C@@H]2[C@@H](O)C[C@@]3(C)[C@@H]4[C@H](O)C[C@H]5C(C)(C)[C@@H](O)CC[C@@]56C[C@@]46CC[C@]23C)O1. The van der Waals surface area contributed by atoms with Crippen LogP contribution in [-0.4, -0.2) is 56.0 Å². The molecule has 1 aliphatic heterocycles. The van der Waals surface area contributed by atoms with Crippen molar-refractivity contribution in [2.45, 2.75) is 142 Å². The van der Waals surface area contributed by atoms with E-state index in [9.17, 15) is 20.4 Å². The van der Waals surface area contributed by atoms with Gasteiger partial charge in [-0.2, -0.15) is 0 Å². The van der Waals surface area contributed by atoms with Crippen LogP contribution in [-0.2, 0) is 4.74 Å². The highest BCUT2D eigenvalue weighted by Gasteiger charge is 2.85. The van der Waals surface area contributed by atoms with Crippen molar-refractivity contribution >= 4 is 0 Å². The van der Waals surface area contributed by atoms with Crippen LogP contribution < -0.4 is 0 Å².